The van der Waals surface area contributed by atoms with Gasteiger partial charge in [-0.2, -0.15) is 0 Å². The minimum Gasteiger partial charge on any atom is -0.481 e. The highest BCUT2D eigenvalue weighted by Gasteiger charge is 2.63. The summed E-state index contributed by atoms with van der Waals surface area (Å²) in [7, 11) is 0. The van der Waals surface area contributed by atoms with E-state index in [0.29, 0.717) is 24.2 Å². The molecule has 0 aromatic heterocycles. The predicted octanol–water partition coefficient (Wildman–Crippen LogP) is 3.91. The molecule has 0 aliphatic heterocycles. The highest BCUT2D eigenvalue weighted by Crippen LogP contribution is 2.67. The van der Waals surface area contributed by atoms with Crippen molar-refractivity contribution in [2.24, 2.45) is 28.6 Å². The van der Waals surface area contributed by atoms with Gasteiger partial charge in [-0.1, -0.05) is 25.5 Å². The van der Waals surface area contributed by atoms with Crippen molar-refractivity contribution >= 4 is 5.97 Å². The Bertz CT molecular complexity index is 628. The van der Waals surface area contributed by atoms with Gasteiger partial charge in [-0.3, -0.25) is 4.79 Å². The van der Waals surface area contributed by atoms with Gasteiger partial charge in [0.25, 0.3) is 0 Å². The Morgan fingerprint density at radius 1 is 1.15 bits per heavy atom. The van der Waals surface area contributed by atoms with Gasteiger partial charge in [-0.05, 0) is 86.4 Å². The van der Waals surface area contributed by atoms with E-state index in [1.165, 1.54) is 5.57 Å². The Morgan fingerprint density at radius 2 is 1.88 bits per heavy atom. The Hall–Kier alpha value is -0.870. The molecular weight excluding hydrogens is 328 g/mol. The average molecular weight is 363 g/mol. The number of hydrogen-bond donors (Lipinski definition) is 3. The zero-order chi connectivity index (χ0) is 18.7. The summed E-state index contributed by atoms with van der Waals surface area (Å²) in [6.07, 6.45) is 10.5. The van der Waals surface area contributed by atoms with Crippen LogP contribution in [0.4, 0.5) is 0 Å². The fraction of sp³-hybridized carbons (Fsp3) is 0.864. The number of aliphatic carboxylic acids is 1. The van der Waals surface area contributed by atoms with Gasteiger partial charge in [0.2, 0.25) is 0 Å². The lowest BCUT2D eigenvalue weighted by atomic mass is 9.47. The lowest BCUT2D eigenvalue weighted by Gasteiger charge is -2.59. The fourth-order valence-corrected chi connectivity index (χ4v) is 7.48. The second-order valence-electron chi connectivity index (χ2n) is 10.1. The Labute approximate surface area is 156 Å². The number of carboxylic acid groups (broad SMARTS) is 1. The van der Waals surface area contributed by atoms with Gasteiger partial charge >= 0.3 is 5.97 Å². The molecule has 0 bridgehead atoms. The number of hydrogen-bond acceptors (Lipinski definition) is 3. The Morgan fingerprint density at radius 3 is 2.62 bits per heavy atom. The Balaban J connectivity index is 1.61. The SMILES string of the molecule is C[C@]12CC[C@@H](O)CC1=CC[C@@H]1[C@@H]2CC[C@@]2(C)[C@H]1CC[C@@]2(O)CCC(=O)O. The van der Waals surface area contributed by atoms with E-state index in [4.69, 9.17) is 5.11 Å². The smallest absolute Gasteiger partial charge is 0.303 e. The van der Waals surface area contributed by atoms with E-state index in [2.05, 4.69) is 19.9 Å². The van der Waals surface area contributed by atoms with Crippen LogP contribution in [0.2, 0.25) is 0 Å². The van der Waals surface area contributed by atoms with E-state index in [-0.39, 0.29) is 23.4 Å². The molecule has 7 atom stereocenters. The number of fused-ring (bicyclic) bond motifs is 5. The molecule has 26 heavy (non-hydrogen) atoms. The van der Waals surface area contributed by atoms with Crippen LogP contribution in [0, 0.1) is 28.6 Å². The second-order valence-corrected chi connectivity index (χ2v) is 10.1. The van der Waals surface area contributed by atoms with Gasteiger partial charge in [0.1, 0.15) is 0 Å². The molecule has 0 saturated heterocycles. The first-order valence-electron chi connectivity index (χ1n) is 10.5. The number of aliphatic hydroxyl groups is 2. The molecule has 0 unspecified atom stereocenters. The monoisotopic (exact) mass is 362 g/mol. The van der Waals surface area contributed by atoms with E-state index in [1.807, 2.05) is 0 Å². The van der Waals surface area contributed by atoms with E-state index in [0.717, 1.165) is 51.4 Å². The minimum absolute atomic E-state index is 0.0621. The van der Waals surface area contributed by atoms with Gasteiger partial charge in [0.05, 0.1) is 11.7 Å². The quantitative estimate of drug-likeness (QED) is 0.665. The third-order valence-corrected chi connectivity index (χ3v) is 9.15. The molecule has 3 saturated carbocycles. The molecule has 146 valence electrons. The van der Waals surface area contributed by atoms with Crippen molar-refractivity contribution in [2.45, 2.75) is 89.8 Å². The molecule has 0 amide bonds. The normalized spacial score (nSPS) is 50.4. The molecule has 3 N–H and O–H groups in total. The van der Waals surface area contributed by atoms with Crippen molar-refractivity contribution in [1.29, 1.82) is 0 Å². The number of carboxylic acids is 1. The van der Waals surface area contributed by atoms with E-state index in [9.17, 15) is 15.0 Å². The highest BCUT2D eigenvalue weighted by atomic mass is 16.4. The first-order chi connectivity index (χ1) is 12.2. The number of allylic oxidation sites excluding steroid dienone is 1. The number of aliphatic hydroxyl groups excluding tert-OH is 1. The summed E-state index contributed by atoms with van der Waals surface area (Å²) in [4.78, 5) is 11.1. The van der Waals surface area contributed by atoms with Crippen molar-refractivity contribution in [3.63, 3.8) is 0 Å². The van der Waals surface area contributed by atoms with Crippen LogP contribution in [0.1, 0.15) is 78.1 Å². The van der Waals surface area contributed by atoms with Crippen LogP contribution >= 0.6 is 0 Å². The van der Waals surface area contributed by atoms with Crippen LogP contribution in [-0.2, 0) is 4.79 Å². The average Bonchev–Trinajstić information content (AvgIpc) is 2.86. The third kappa shape index (κ3) is 2.51. The van der Waals surface area contributed by atoms with Crippen LogP contribution in [0.3, 0.4) is 0 Å². The summed E-state index contributed by atoms with van der Waals surface area (Å²) >= 11 is 0. The molecule has 3 fully saturated rings. The van der Waals surface area contributed by atoms with Gasteiger partial charge in [-0.25, -0.2) is 0 Å². The minimum atomic E-state index is -0.825. The van der Waals surface area contributed by atoms with Gasteiger partial charge in [0.15, 0.2) is 0 Å². The lowest BCUT2D eigenvalue weighted by molar-refractivity contribution is -0.146. The maximum absolute atomic E-state index is 11.4. The van der Waals surface area contributed by atoms with Crippen molar-refractivity contribution in [3.05, 3.63) is 11.6 Å². The van der Waals surface area contributed by atoms with Crippen LogP contribution < -0.4 is 0 Å². The molecule has 4 nitrogen and oxygen atoms in total. The number of rotatable bonds is 3. The lowest BCUT2D eigenvalue weighted by Crippen LogP contribution is -2.54. The first-order valence-corrected chi connectivity index (χ1v) is 10.5. The largest absolute Gasteiger partial charge is 0.481 e. The van der Waals surface area contributed by atoms with Crippen molar-refractivity contribution in [3.8, 4) is 0 Å². The van der Waals surface area contributed by atoms with Gasteiger partial charge in [0, 0.05) is 6.42 Å². The maximum Gasteiger partial charge on any atom is 0.303 e. The Kier molecular flexibility index (Phi) is 4.31. The van der Waals surface area contributed by atoms with E-state index >= 15 is 0 Å². The summed E-state index contributed by atoms with van der Waals surface area (Å²) in [5.74, 6) is 0.922. The molecule has 0 heterocycles. The summed E-state index contributed by atoms with van der Waals surface area (Å²) in [6, 6.07) is 0. The van der Waals surface area contributed by atoms with Crippen molar-refractivity contribution < 1.29 is 20.1 Å². The van der Waals surface area contributed by atoms with Gasteiger partial charge in [-0.15, -0.1) is 0 Å². The first kappa shape index (κ1) is 18.5. The molecule has 0 radical (unpaired) electrons. The zero-order valence-electron chi connectivity index (χ0n) is 16.2. The molecular formula is C22H34O4. The second kappa shape index (κ2) is 6.07. The van der Waals surface area contributed by atoms with Crippen LogP contribution in [0.25, 0.3) is 0 Å². The van der Waals surface area contributed by atoms with E-state index in [1.54, 1.807) is 0 Å². The molecule has 0 aromatic rings. The molecule has 0 aromatic carbocycles. The van der Waals surface area contributed by atoms with Crippen LogP contribution in [0.5, 0.6) is 0 Å². The van der Waals surface area contributed by atoms with Gasteiger partial charge < -0.3 is 15.3 Å². The molecule has 0 spiro atoms. The molecule has 4 aliphatic carbocycles. The summed E-state index contributed by atoms with van der Waals surface area (Å²) in [6.45, 7) is 4.64. The highest BCUT2D eigenvalue weighted by molar-refractivity contribution is 5.66. The summed E-state index contributed by atoms with van der Waals surface area (Å²) in [5, 5.41) is 30.6. The third-order valence-electron chi connectivity index (χ3n) is 9.15. The summed E-state index contributed by atoms with van der Waals surface area (Å²) in [5.41, 5.74) is 0.708. The molecule has 4 rings (SSSR count). The number of carbonyl (C=O) groups is 1. The van der Waals surface area contributed by atoms with E-state index < -0.39 is 11.6 Å². The topological polar surface area (TPSA) is 77.8 Å². The summed E-state index contributed by atoms with van der Waals surface area (Å²) < 4.78 is 0. The zero-order valence-corrected chi connectivity index (χ0v) is 16.2. The van der Waals surface area contributed by atoms with Crippen molar-refractivity contribution in [1.82, 2.24) is 0 Å². The van der Waals surface area contributed by atoms with Crippen LogP contribution in [-0.4, -0.2) is 33.0 Å². The molecule has 4 heteroatoms. The molecule has 4 aliphatic rings. The fourth-order valence-electron chi connectivity index (χ4n) is 7.48. The van der Waals surface area contributed by atoms with Crippen molar-refractivity contribution in [2.75, 3.05) is 0 Å². The maximum atomic E-state index is 11.4. The predicted molar refractivity (Wildman–Crippen MR) is 99.5 cm³/mol. The standard InChI is InChI=1S/C22H34O4/c1-20-9-5-15(23)13-14(20)3-4-16-17(20)6-10-21(2)18(16)7-11-22(21,26)12-8-19(24)25/h3,15-18,23,26H,4-13H2,1-2H3,(H,24,25)/t15-,16-,17+,18+,20+,21+,22-/m1/s1. The van der Waals surface area contributed by atoms with Crippen LogP contribution in [0.15, 0.2) is 11.6 Å².